The molecule has 2 saturated heterocycles. The lowest BCUT2D eigenvalue weighted by atomic mass is 9.96. The third kappa shape index (κ3) is 2.49. The third-order valence-electron chi connectivity index (χ3n) is 4.67. The molecule has 1 N–H and O–H groups in total. The molecular formula is C16H18BrN3O. The topological polar surface area (TPSA) is 36.8 Å². The molecule has 1 amide bonds. The van der Waals surface area contributed by atoms with Gasteiger partial charge in [-0.2, -0.15) is 0 Å². The van der Waals surface area contributed by atoms with E-state index in [1.165, 1.54) is 19.5 Å². The maximum Gasteiger partial charge on any atom is 0.253 e. The second-order valence-corrected chi connectivity index (χ2v) is 7.05. The number of rotatable bonds is 2. The van der Waals surface area contributed by atoms with E-state index in [4.69, 9.17) is 0 Å². The lowest BCUT2D eigenvalue weighted by Crippen LogP contribution is -2.47. The summed E-state index contributed by atoms with van der Waals surface area (Å²) < 4.78 is 3.03. The zero-order chi connectivity index (χ0) is 14.4. The highest BCUT2D eigenvalue weighted by Crippen LogP contribution is 2.27. The van der Waals surface area contributed by atoms with E-state index in [1.54, 1.807) is 0 Å². The minimum atomic E-state index is 0.0363. The Kier molecular flexibility index (Phi) is 3.27. The molecular weight excluding hydrogens is 330 g/mol. The van der Waals surface area contributed by atoms with Crippen molar-refractivity contribution < 1.29 is 4.79 Å². The van der Waals surface area contributed by atoms with E-state index in [0.29, 0.717) is 6.04 Å². The Balaban J connectivity index is 1.50. The maximum atomic E-state index is 12.4. The molecule has 2 fully saturated rings. The molecule has 5 heteroatoms. The Morgan fingerprint density at radius 3 is 3.05 bits per heavy atom. The number of amides is 1. The van der Waals surface area contributed by atoms with E-state index in [0.717, 1.165) is 34.4 Å². The van der Waals surface area contributed by atoms with Gasteiger partial charge >= 0.3 is 0 Å². The summed E-state index contributed by atoms with van der Waals surface area (Å²) in [5.74, 6) is 0.807. The number of pyridine rings is 1. The van der Waals surface area contributed by atoms with Gasteiger partial charge in [0.15, 0.2) is 0 Å². The lowest BCUT2D eigenvalue weighted by Gasteiger charge is -2.30. The standard InChI is InChI=1S/C16H18BrN3O/c17-14-4-6-20-9-12(1-2-15(14)20)16(21)18-13-7-11-3-5-19(8-11)10-13/h1-2,4,6,9,11,13H,3,5,7-8,10H2,(H,18,21)/t11-,13-/m1/s1. The zero-order valence-electron chi connectivity index (χ0n) is 11.8. The molecule has 2 aliphatic heterocycles. The molecule has 21 heavy (non-hydrogen) atoms. The number of carbonyl (C=O) groups is 1. The number of fused-ring (bicyclic) bond motifs is 3. The van der Waals surface area contributed by atoms with Gasteiger partial charge in [-0.05, 0) is 59.4 Å². The largest absolute Gasteiger partial charge is 0.348 e. The highest BCUT2D eigenvalue weighted by atomic mass is 79.9. The summed E-state index contributed by atoms with van der Waals surface area (Å²) in [6, 6.07) is 6.16. The molecule has 0 aliphatic carbocycles. The van der Waals surface area contributed by atoms with Crippen molar-refractivity contribution in [1.29, 1.82) is 0 Å². The molecule has 3 atom stereocenters. The zero-order valence-corrected chi connectivity index (χ0v) is 13.3. The van der Waals surface area contributed by atoms with Crippen LogP contribution in [0.15, 0.2) is 35.1 Å². The van der Waals surface area contributed by atoms with E-state index < -0.39 is 0 Å². The average Bonchev–Trinajstić information content (AvgIpc) is 3.02. The maximum absolute atomic E-state index is 12.4. The number of halogens is 1. The fourth-order valence-corrected chi connectivity index (χ4v) is 4.10. The van der Waals surface area contributed by atoms with Crippen molar-refractivity contribution in [2.75, 3.05) is 19.6 Å². The van der Waals surface area contributed by atoms with Crippen molar-refractivity contribution in [2.24, 2.45) is 5.92 Å². The van der Waals surface area contributed by atoms with Crippen LogP contribution >= 0.6 is 15.9 Å². The van der Waals surface area contributed by atoms with Crippen LogP contribution in [0.4, 0.5) is 0 Å². The van der Waals surface area contributed by atoms with E-state index in [2.05, 4.69) is 26.1 Å². The van der Waals surface area contributed by atoms with Crippen molar-refractivity contribution in [3.63, 3.8) is 0 Å². The van der Waals surface area contributed by atoms with Gasteiger partial charge in [-0.15, -0.1) is 0 Å². The van der Waals surface area contributed by atoms with Crippen LogP contribution in [0.1, 0.15) is 23.2 Å². The fourth-order valence-electron chi connectivity index (χ4n) is 3.64. The van der Waals surface area contributed by atoms with E-state index in [1.807, 2.05) is 35.0 Å². The van der Waals surface area contributed by atoms with Gasteiger partial charge in [-0.25, -0.2) is 0 Å². The molecule has 2 aliphatic rings. The van der Waals surface area contributed by atoms with E-state index in [-0.39, 0.29) is 5.91 Å². The molecule has 110 valence electrons. The van der Waals surface area contributed by atoms with Crippen LogP contribution in [0.2, 0.25) is 0 Å². The summed E-state index contributed by atoms with van der Waals surface area (Å²) in [7, 11) is 0. The molecule has 4 heterocycles. The predicted molar refractivity (Wildman–Crippen MR) is 85.5 cm³/mol. The van der Waals surface area contributed by atoms with Crippen LogP contribution in [-0.2, 0) is 0 Å². The van der Waals surface area contributed by atoms with Gasteiger partial charge in [0.1, 0.15) is 0 Å². The lowest BCUT2D eigenvalue weighted by molar-refractivity contribution is 0.0909. The van der Waals surface area contributed by atoms with E-state index in [9.17, 15) is 4.79 Å². The minimum Gasteiger partial charge on any atom is -0.348 e. The number of carbonyl (C=O) groups excluding carboxylic acids is 1. The Labute approximate surface area is 132 Å². The summed E-state index contributed by atoms with van der Waals surface area (Å²) in [6.45, 7) is 3.41. The smallest absolute Gasteiger partial charge is 0.253 e. The molecule has 0 radical (unpaired) electrons. The highest BCUT2D eigenvalue weighted by Gasteiger charge is 2.32. The Hall–Kier alpha value is -1.33. The SMILES string of the molecule is O=C(N[C@@H]1C[C@H]2CCN(C2)C1)c1ccc2c(Br)ccn2c1. The second kappa shape index (κ2) is 5.14. The summed E-state index contributed by atoms with van der Waals surface area (Å²) in [5.41, 5.74) is 1.80. The molecule has 0 aromatic carbocycles. The number of nitrogens with zero attached hydrogens (tertiary/aromatic N) is 2. The highest BCUT2D eigenvalue weighted by molar-refractivity contribution is 9.10. The van der Waals surface area contributed by atoms with Crippen molar-refractivity contribution in [3.05, 3.63) is 40.6 Å². The Bertz CT molecular complexity index is 684. The van der Waals surface area contributed by atoms with Gasteiger partial charge in [0, 0.05) is 36.0 Å². The van der Waals surface area contributed by atoms with Gasteiger partial charge < -0.3 is 14.6 Å². The van der Waals surface area contributed by atoms with Crippen LogP contribution in [0, 0.1) is 5.92 Å². The first kappa shape index (κ1) is 13.3. The molecule has 2 aromatic rings. The van der Waals surface area contributed by atoms with Crippen LogP contribution in [-0.4, -0.2) is 40.9 Å². The Morgan fingerprint density at radius 1 is 1.29 bits per heavy atom. The van der Waals surface area contributed by atoms with Crippen molar-refractivity contribution in [2.45, 2.75) is 18.9 Å². The molecule has 4 rings (SSSR count). The number of hydrogen-bond acceptors (Lipinski definition) is 2. The minimum absolute atomic E-state index is 0.0363. The second-order valence-electron chi connectivity index (χ2n) is 6.19. The summed E-state index contributed by atoms with van der Waals surface area (Å²) in [6.07, 6.45) is 6.27. The molecule has 2 aromatic heterocycles. The van der Waals surface area contributed by atoms with Gasteiger partial charge in [0.2, 0.25) is 0 Å². The third-order valence-corrected chi connectivity index (χ3v) is 5.34. The fraction of sp³-hybridized carbons (Fsp3) is 0.438. The monoisotopic (exact) mass is 347 g/mol. The van der Waals surface area contributed by atoms with Crippen LogP contribution < -0.4 is 5.32 Å². The summed E-state index contributed by atoms with van der Waals surface area (Å²) in [5, 5.41) is 3.20. The van der Waals surface area contributed by atoms with Crippen molar-refractivity contribution in [1.82, 2.24) is 14.6 Å². The van der Waals surface area contributed by atoms with Crippen LogP contribution in [0.3, 0.4) is 0 Å². The first-order valence-corrected chi connectivity index (χ1v) is 8.28. The van der Waals surface area contributed by atoms with Gasteiger partial charge in [-0.3, -0.25) is 4.79 Å². The summed E-state index contributed by atoms with van der Waals surface area (Å²) in [4.78, 5) is 14.9. The number of nitrogens with one attached hydrogen (secondary N) is 1. The van der Waals surface area contributed by atoms with E-state index >= 15 is 0 Å². The van der Waals surface area contributed by atoms with Crippen molar-refractivity contribution in [3.8, 4) is 0 Å². The first-order chi connectivity index (χ1) is 10.2. The Morgan fingerprint density at radius 2 is 2.19 bits per heavy atom. The average molecular weight is 348 g/mol. The molecule has 2 bridgehead atoms. The number of piperidine rings is 1. The van der Waals surface area contributed by atoms with Crippen LogP contribution in [0.25, 0.3) is 5.52 Å². The normalized spacial score (nSPS) is 28.0. The van der Waals surface area contributed by atoms with Crippen molar-refractivity contribution >= 4 is 27.4 Å². The quantitative estimate of drug-likeness (QED) is 0.906. The molecule has 0 saturated carbocycles. The van der Waals surface area contributed by atoms with Crippen LogP contribution in [0.5, 0.6) is 0 Å². The van der Waals surface area contributed by atoms with Gasteiger partial charge in [0.25, 0.3) is 5.91 Å². The van der Waals surface area contributed by atoms with Gasteiger partial charge in [0.05, 0.1) is 11.1 Å². The van der Waals surface area contributed by atoms with Gasteiger partial charge in [-0.1, -0.05) is 0 Å². The number of aromatic nitrogens is 1. The molecule has 0 spiro atoms. The molecule has 1 unspecified atom stereocenters. The first-order valence-electron chi connectivity index (χ1n) is 7.48. The number of hydrogen-bond donors (Lipinski definition) is 1. The molecule has 4 nitrogen and oxygen atoms in total. The predicted octanol–water partition coefficient (Wildman–Crippen LogP) is 2.53. The summed E-state index contributed by atoms with van der Waals surface area (Å²) >= 11 is 3.50.